The molecule has 0 rings (SSSR count). The minimum Gasteiger partial charge on any atom is -0.481 e. The van der Waals surface area contributed by atoms with Crippen LogP contribution in [0, 0.1) is 10.8 Å². The third kappa shape index (κ3) is 12.9. The molecule has 0 aliphatic heterocycles. The zero-order valence-corrected chi connectivity index (χ0v) is 22.6. The minimum absolute atomic E-state index is 0.127. The van der Waals surface area contributed by atoms with Crippen molar-refractivity contribution >= 4 is 11.9 Å². The Balaban J connectivity index is 5.97. The lowest BCUT2D eigenvalue weighted by atomic mass is 9.52. The van der Waals surface area contributed by atoms with Crippen molar-refractivity contribution in [2.24, 2.45) is 10.8 Å². The Morgan fingerprint density at radius 3 is 1.49 bits per heavy atom. The minimum atomic E-state index is -1.61. The molecule has 0 amide bonds. The molecule has 37 heavy (non-hydrogen) atoms. The molecule has 0 radical (unpaired) electrons. The number of unbranched alkanes of at least 4 members (excludes halogenated alkanes) is 8. The normalized spacial score (nSPS) is 17.5. The third-order valence-electron chi connectivity index (χ3n) is 7.65. The largest absolute Gasteiger partial charge is 0.481 e. The molecule has 4 atom stereocenters. The van der Waals surface area contributed by atoms with Gasteiger partial charge in [0.25, 0.3) is 0 Å². The van der Waals surface area contributed by atoms with E-state index < -0.39 is 60.9 Å². The van der Waals surface area contributed by atoms with Gasteiger partial charge in [0.05, 0.1) is 43.5 Å². The number of hydrogen-bond donors (Lipinski definition) is 8. The molecule has 0 fully saturated rings. The van der Waals surface area contributed by atoms with Gasteiger partial charge in [0.1, 0.15) is 0 Å². The van der Waals surface area contributed by atoms with Gasteiger partial charge in [0.2, 0.25) is 0 Å². The van der Waals surface area contributed by atoms with Crippen LogP contribution in [0.5, 0.6) is 0 Å². The van der Waals surface area contributed by atoms with Gasteiger partial charge in [-0.2, -0.15) is 0 Å². The van der Waals surface area contributed by atoms with Crippen LogP contribution in [0.15, 0.2) is 0 Å². The van der Waals surface area contributed by atoms with Crippen LogP contribution < -0.4 is 0 Å². The summed E-state index contributed by atoms with van der Waals surface area (Å²) in [6.45, 7) is 0.172. The van der Waals surface area contributed by atoms with Crippen LogP contribution in [-0.2, 0) is 9.59 Å². The van der Waals surface area contributed by atoms with Gasteiger partial charge < -0.3 is 40.9 Å². The molecule has 0 aliphatic rings. The van der Waals surface area contributed by atoms with Crippen LogP contribution >= 0.6 is 0 Å². The Labute approximate surface area is 221 Å². The fourth-order valence-corrected chi connectivity index (χ4v) is 5.72. The highest BCUT2D eigenvalue weighted by molar-refractivity contribution is 5.76. The van der Waals surface area contributed by atoms with Crippen molar-refractivity contribution in [1.82, 2.24) is 0 Å². The second-order valence-electron chi connectivity index (χ2n) is 10.6. The predicted molar refractivity (Wildman–Crippen MR) is 139 cm³/mol. The average molecular weight is 537 g/mol. The van der Waals surface area contributed by atoms with Crippen LogP contribution in [0.3, 0.4) is 0 Å². The lowest BCUT2D eigenvalue weighted by molar-refractivity contribution is -0.173. The summed E-state index contributed by atoms with van der Waals surface area (Å²) in [5, 5.41) is 79.6. The predicted octanol–water partition coefficient (Wildman–Crippen LogP) is 2.45. The Hall–Kier alpha value is -1.30. The molecule has 0 bridgehead atoms. The summed E-state index contributed by atoms with van der Waals surface area (Å²) < 4.78 is 0. The summed E-state index contributed by atoms with van der Waals surface area (Å²) in [4.78, 5) is 23.7. The van der Waals surface area contributed by atoms with Gasteiger partial charge in [-0.05, 0) is 43.9 Å². The fourth-order valence-electron chi connectivity index (χ4n) is 5.72. The van der Waals surface area contributed by atoms with Gasteiger partial charge in [-0.3, -0.25) is 9.59 Å². The van der Waals surface area contributed by atoms with Crippen LogP contribution in [-0.4, -0.2) is 90.9 Å². The van der Waals surface area contributed by atoms with E-state index in [1.807, 2.05) is 6.92 Å². The number of carboxylic acids is 2. The molecule has 0 aromatic heterocycles. The van der Waals surface area contributed by atoms with E-state index in [-0.39, 0.29) is 32.1 Å². The number of carbonyl (C=O) groups is 2. The first-order chi connectivity index (χ1) is 17.5. The highest BCUT2D eigenvalue weighted by Gasteiger charge is 2.57. The molecule has 10 nitrogen and oxygen atoms in total. The highest BCUT2D eigenvalue weighted by atomic mass is 16.4. The maximum Gasteiger partial charge on any atom is 0.310 e. The Kier molecular flexibility index (Phi) is 19.0. The van der Waals surface area contributed by atoms with E-state index in [1.54, 1.807) is 0 Å². The first kappa shape index (κ1) is 35.7. The quantitative estimate of drug-likeness (QED) is 0.0802. The number of aliphatic hydroxyl groups excluding tert-OH is 6. The van der Waals surface area contributed by atoms with Crippen molar-refractivity contribution in [1.29, 1.82) is 0 Å². The molecule has 0 aliphatic carbocycles. The Morgan fingerprint density at radius 1 is 0.622 bits per heavy atom. The van der Waals surface area contributed by atoms with Crippen LogP contribution in [0.1, 0.15) is 110 Å². The summed E-state index contributed by atoms with van der Waals surface area (Å²) in [7, 11) is 0. The monoisotopic (exact) mass is 536 g/mol. The molecule has 8 N–H and O–H groups in total. The average Bonchev–Trinajstić information content (AvgIpc) is 2.86. The number of rotatable bonds is 25. The van der Waals surface area contributed by atoms with E-state index in [9.17, 15) is 45.3 Å². The topological polar surface area (TPSA) is 196 Å². The summed E-state index contributed by atoms with van der Waals surface area (Å²) in [5.41, 5.74) is -2.86. The van der Waals surface area contributed by atoms with Gasteiger partial charge in [-0.15, -0.1) is 0 Å². The van der Waals surface area contributed by atoms with Gasteiger partial charge in [-0.1, -0.05) is 64.7 Å². The van der Waals surface area contributed by atoms with E-state index in [1.165, 1.54) is 0 Å². The Morgan fingerprint density at radius 2 is 1.05 bits per heavy atom. The van der Waals surface area contributed by atoms with Crippen molar-refractivity contribution < 1.29 is 50.4 Å². The highest BCUT2D eigenvalue weighted by Crippen LogP contribution is 2.56. The van der Waals surface area contributed by atoms with Crippen LogP contribution in [0.2, 0.25) is 0 Å². The van der Waals surface area contributed by atoms with Crippen LogP contribution in [0.25, 0.3) is 0 Å². The van der Waals surface area contributed by atoms with Crippen molar-refractivity contribution in [2.45, 2.75) is 128 Å². The van der Waals surface area contributed by atoms with E-state index in [0.29, 0.717) is 32.1 Å². The Bertz CT molecular complexity index is 602. The van der Waals surface area contributed by atoms with Crippen molar-refractivity contribution in [3.05, 3.63) is 0 Å². The number of hydrogen-bond acceptors (Lipinski definition) is 8. The van der Waals surface area contributed by atoms with Gasteiger partial charge in [0, 0.05) is 6.42 Å². The molecular formula is C27H52O10. The molecule has 0 aromatic rings. The summed E-state index contributed by atoms with van der Waals surface area (Å²) >= 11 is 0. The molecule has 0 saturated heterocycles. The maximum absolute atomic E-state index is 13.1. The third-order valence-corrected chi connectivity index (χ3v) is 7.65. The van der Waals surface area contributed by atoms with Crippen molar-refractivity contribution in [2.75, 3.05) is 19.8 Å². The number of aliphatic carboxylic acids is 2. The molecule has 4 unspecified atom stereocenters. The zero-order valence-electron chi connectivity index (χ0n) is 22.6. The van der Waals surface area contributed by atoms with E-state index in [4.69, 9.17) is 5.11 Å². The maximum atomic E-state index is 13.1. The first-order valence-electron chi connectivity index (χ1n) is 13.9. The summed E-state index contributed by atoms with van der Waals surface area (Å²) in [6, 6.07) is 0. The SMILES string of the molecule is CCCCCC(CC(O)CO)(CC(O)CO)C(CCCCCCCCCC(=O)O)(CC(O)CO)C(=O)O. The molecule has 220 valence electrons. The van der Waals surface area contributed by atoms with E-state index in [0.717, 1.165) is 38.5 Å². The smallest absolute Gasteiger partial charge is 0.310 e. The van der Waals surface area contributed by atoms with Gasteiger partial charge in [-0.25, -0.2) is 0 Å². The number of carboxylic acid groups (broad SMARTS) is 2. The van der Waals surface area contributed by atoms with Crippen molar-refractivity contribution in [3.63, 3.8) is 0 Å². The molecule has 0 heterocycles. The molecule has 10 heteroatoms. The first-order valence-corrected chi connectivity index (χ1v) is 13.9. The lowest BCUT2D eigenvalue weighted by Crippen LogP contribution is -2.53. The van der Waals surface area contributed by atoms with Crippen molar-refractivity contribution in [3.8, 4) is 0 Å². The molecule has 0 spiro atoms. The standard InChI is InChI=1S/C27H52O10/c1-2-3-10-13-26(15-21(31)18-28,16-22(32)19-29)27(25(36)37,17-23(33)20-30)14-11-8-6-4-5-7-9-12-24(34)35/h21-23,28-33H,2-20H2,1H3,(H,34,35)(H,36,37). The lowest BCUT2D eigenvalue weighted by Gasteiger charge is -2.51. The van der Waals surface area contributed by atoms with Gasteiger partial charge in [0.15, 0.2) is 0 Å². The second-order valence-corrected chi connectivity index (χ2v) is 10.6. The van der Waals surface area contributed by atoms with E-state index >= 15 is 0 Å². The number of aliphatic hydroxyl groups is 6. The summed E-state index contributed by atoms with van der Waals surface area (Å²) in [5.74, 6) is -2.00. The zero-order chi connectivity index (χ0) is 28.3. The van der Waals surface area contributed by atoms with Crippen LogP contribution in [0.4, 0.5) is 0 Å². The molecule has 0 aromatic carbocycles. The second kappa shape index (κ2) is 19.7. The molecule has 0 saturated carbocycles. The summed E-state index contributed by atoms with van der Waals surface area (Å²) in [6.07, 6.45) is 3.72. The fraction of sp³-hybridized carbons (Fsp3) is 0.926. The van der Waals surface area contributed by atoms with Gasteiger partial charge >= 0.3 is 11.9 Å². The molecular weight excluding hydrogens is 484 g/mol. The van der Waals surface area contributed by atoms with E-state index in [2.05, 4.69) is 0 Å².